The van der Waals surface area contributed by atoms with Gasteiger partial charge in [-0.3, -0.25) is 4.89 Å². The Morgan fingerprint density at radius 3 is 2.38 bits per heavy atom. The van der Waals surface area contributed by atoms with E-state index in [1.807, 2.05) is 20.8 Å². The SMILES string of the molecule is CCCCC(CC)C(=O)OOOC(C)CC. The molecule has 0 bridgehead atoms. The molecule has 96 valence electrons. The summed E-state index contributed by atoms with van der Waals surface area (Å²) < 4.78 is 0. The molecule has 0 aromatic heterocycles. The van der Waals surface area contributed by atoms with Crippen LogP contribution in [-0.2, 0) is 19.6 Å². The van der Waals surface area contributed by atoms with E-state index in [0.717, 1.165) is 32.1 Å². The van der Waals surface area contributed by atoms with Gasteiger partial charge < -0.3 is 0 Å². The van der Waals surface area contributed by atoms with E-state index in [0.29, 0.717) is 0 Å². The summed E-state index contributed by atoms with van der Waals surface area (Å²) in [5.74, 6) is -0.417. The van der Waals surface area contributed by atoms with Crippen molar-refractivity contribution in [3.63, 3.8) is 0 Å². The van der Waals surface area contributed by atoms with Crippen LogP contribution in [0.2, 0.25) is 0 Å². The summed E-state index contributed by atoms with van der Waals surface area (Å²) in [6, 6.07) is 0. The predicted molar refractivity (Wildman–Crippen MR) is 61.3 cm³/mol. The molecule has 0 saturated carbocycles. The zero-order valence-corrected chi connectivity index (χ0v) is 10.8. The minimum absolute atomic E-state index is 0.0662. The zero-order valence-electron chi connectivity index (χ0n) is 10.8. The van der Waals surface area contributed by atoms with E-state index >= 15 is 0 Å². The average molecular weight is 232 g/mol. The van der Waals surface area contributed by atoms with E-state index in [1.165, 1.54) is 0 Å². The number of carbonyl (C=O) groups excluding carboxylic acids is 1. The van der Waals surface area contributed by atoms with Crippen LogP contribution in [0.5, 0.6) is 0 Å². The van der Waals surface area contributed by atoms with Gasteiger partial charge in [-0.2, -0.15) is 4.89 Å². The van der Waals surface area contributed by atoms with Gasteiger partial charge in [0, 0.05) is 0 Å². The van der Waals surface area contributed by atoms with Crippen LogP contribution >= 0.6 is 0 Å². The van der Waals surface area contributed by atoms with Crippen LogP contribution in [0.15, 0.2) is 0 Å². The molecule has 0 heterocycles. The predicted octanol–water partition coefficient (Wildman–Crippen LogP) is 3.41. The van der Waals surface area contributed by atoms with E-state index in [2.05, 4.69) is 16.8 Å². The van der Waals surface area contributed by atoms with Crippen molar-refractivity contribution in [2.45, 2.75) is 65.9 Å². The van der Waals surface area contributed by atoms with Gasteiger partial charge in [0.15, 0.2) is 0 Å². The van der Waals surface area contributed by atoms with Crippen molar-refractivity contribution in [1.82, 2.24) is 0 Å². The minimum atomic E-state index is -0.334. The number of rotatable bonds is 9. The van der Waals surface area contributed by atoms with Gasteiger partial charge in [0.2, 0.25) is 0 Å². The molecule has 0 aliphatic heterocycles. The summed E-state index contributed by atoms with van der Waals surface area (Å²) in [6.07, 6.45) is 4.46. The molecule has 2 unspecified atom stereocenters. The summed E-state index contributed by atoms with van der Waals surface area (Å²) in [7, 11) is 0. The monoisotopic (exact) mass is 232 g/mol. The van der Waals surface area contributed by atoms with Gasteiger partial charge in [-0.15, -0.1) is 0 Å². The van der Waals surface area contributed by atoms with Crippen LogP contribution in [0.4, 0.5) is 0 Å². The fourth-order valence-electron chi connectivity index (χ4n) is 1.20. The molecule has 0 amide bonds. The summed E-state index contributed by atoms with van der Waals surface area (Å²) in [5, 5.41) is 4.46. The third kappa shape index (κ3) is 6.80. The highest BCUT2D eigenvalue weighted by atomic mass is 17.5. The molecular formula is C12H24O4. The Kier molecular flexibility index (Phi) is 9.24. The van der Waals surface area contributed by atoms with Crippen molar-refractivity contribution in [3.8, 4) is 0 Å². The molecule has 2 atom stereocenters. The molecule has 4 nitrogen and oxygen atoms in total. The highest BCUT2D eigenvalue weighted by Gasteiger charge is 2.19. The lowest BCUT2D eigenvalue weighted by atomic mass is 10.00. The molecule has 0 aliphatic carbocycles. The van der Waals surface area contributed by atoms with E-state index in [1.54, 1.807) is 0 Å². The van der Waals surface area contributed by atoms with Crippen LogP contribution in [-0.4, -0.2) is 12.1 Å². The Morgan fingerprint density at radius 2 is 1.88 bits per heavy atom. The first kappa shape index (κ1) is 15.4. The minimum Gasteiger partial charge on any atom is -0.269 e. The molecule has 0 radical (unpaired) electrons. The summed E-state index contributed by atoms with van der Waals surface area (Å²) in [5.41, 5.74) is 0. The summed E-state index contributed by atoms with van der Waals surface area (Å²) in [4.78, 5) is 20.9. The lowest BCUT2D eigenvalue weighted by molar-refractivity contribution is -0.501. The van der Waals surface area contributed by atoms with Crippen molar-refractivity contribution < 1.29 is 19.6 Å². The quantitative estimate of drug-likeness (QED) is 0.451. The number of hydrogen-bond donors (Lipinski definition) is 0. The molecule has 0 aromatic rings. The highest BCUT2D eigenvalue weighted by molar-refractivity contribution is 5.71. The fraction of sp³-hybridized carbons (Fsp3) is 0.917. The summed E-state index contributed by atoms with van der Waals surface area (Å²) in [6.45, 7) is 7.88. The van der Waals surface area contributed by atoms with Crippen LogP contribution < -0.4 is 0 Å². The van der Waals surface area contributed by atoms with Crippen LogP contribution in [0.25, 0.3) is 0 Å². The van der Waals surface area contributed by atoms with Crippen molar-refractivity contribution in [1.29, 1.82) is 0 Å². The molecule has 0 spiro atoms. The maximum Gasteiger partial charge on any atom is 0.348 e. The first-order chi connectivity index (χ1) is 7.65. The van der Waals surface area contributed by atoms with Gasteiger partial charge in [-0.1, -0.05) is 33.6 Å². The van der Waals surface area contributed by atoms with Gasteiger partial charge in [0.1, 0.15) is 0 Å². The third-order valence-corrected chi connectivity index (χ3v) is 2.63. The van der Waals surface area contributed by atoms with Gasteiger partial charge in [-0.25, -0.2) is 4.79 Å². The number of hydrogen-bond acceptors (Lipinski definition) is 4. The van der Waals surface area contributed by atoms with Gasteiger partial charge in [0.25, 0.3) is 0 Å². The van der Waals surface area contributed by atoms with Crippen molar-refractivity contribution >= 4 is 5.97 Å². The van der Waals surface area contributed by atoms with Gasteiger partial charge in [-0.05, 0) is 31.2 Å². The van der Waals surface area contributed by atoms with E-state index < -0.39 is 0 Å². The smallest absolute Gasteiger partial charge is 0.269 e. The average Bonchev–Trinajstić information content (AvgIpc) is 2.29. The van der Waals surface area contributed by atoms with E-state index in [-0.39, 0.29) is 18.0 Å². The second-order valence-electron chi connectivity index (χ2n) is 4.03. The van der Waals surface area contributed by atoms with Gasteiger partial charge in [0.05, 0.1) is 12.0 Å². The van der Waals surface area contributed by atoms with Crippen LogP contribution in [0, 0.1) is 5.92 Å². The molecule has 0 rings (SSSR count). The third-order valence-electron chi connectivity index (χ3n) is 2.63. The Hall–Kier alpha value is -0.610. The highest BCUT2D eigenvalue weighted by Crippen LogP contribution is 2.14. The van der Waals surface area contributed by atoms with E-state index in [9.17, 15) is 4.79 Å². The Bertz CT molecular complexity index is 182. The van der Waals surface area contributed by atoms with Crippen molar-refractivity contribution in [2.24, 2.45) is 5.92 Å². The lowest BCUT2D eigenvalue weighted by Gasteiger charge is -2.12. The van der Waals surface area contributed by atoms with Crippen molar-refractivity contribution in [3.05, 3.63) is 0 Å². The molecule has 0 aromatic carbocycles. The largest absolute Gasteiger partial charge is 0.348 e. The zero-order chi connectivity index (χ0) is 12.4. The molecule has 0 aliphatic rings. The van der Waals surface area contributed by atoms with Gasteiger partial charge >= 0.3 is 5.97 Å². The first-order valence-electron chi connectivity index (χ1n) is 6.19. The normalized spacial score (nSPS) is 14.5. The number of unbranched alkanes of at least 4 members (excludes halogenated alkanes) is 1. The fourth-order valence-corrected chi connectivity index (χ4v) is 1.20. The maximum absolute atomic E-state index is 11.5. The molecule has 0 N–H and O–H groups in total. The number of carbonyl (C=O) groups is 1. The maximum atomic E-state index is 11.5. The Morgan fingerprint density at radius 1 is 1.19 bits per heavy atom. The first-order valence-corrected chi connectivity index (χ1v) is 6.19. The Balaban J connectivity index is 3.74. The van der Waals surface area contributed by atoms with Crippen LogP contribution in [0.3, 0.4) is 0 Å². The molecular weight excluding hydrogens is 208 g/mol. The second-order valence-corrected chi connectivity index (χ2v) is 4.03. The summed E-state index contributed by atoms with van der Waals surface area (Å²) >= 11 is 0. The Labute approximate surface area is 98.1 Å². The topological polar surface area (TPSA) is 44.8 Å². The lowest BCUT2D eigenvalue weighted by Crippen LogP contribution is -2.19. The molecule has 0 fully saturated rings. The molecule has 0 saturated heterocycles. The second kappa shape index (κ2) is 9.60. The van der Waals surface area contributed by atoms with E-state index in [4.69, 9.17) is 4.89 Å². The molecule has 4 heteroatoms. The van der Waals surface area contributed by atoms with Crippen molar-refractivity contribution in [2.75, 3.05) is 0 Å². The molecule has 16 heavy (non-hydrogen) atoms. The standard InChI is InChI=1S/C12H24O4/c1-5-8-9-11(7-3)12(13)15-16-14-10(4)6-2/h10-11H,5-9H2,1-4H3. The van der Waals surface area contributed by atoms with Crippen LogP contribution in [0.1, 0.15) is 59.8 Å².